The molecule has 0 saturated heterocycles. The van der Waals surface area contributed by atoms with E-state index in [1.165, 1.54) is 17.4 Å². The van der Waals surface area contributed by atoms with Gasteiger partial charge in [0.1, 0.15) is 18.2 Å². The van der Waals surface area contributed by atoms with Gasteiger partial charge >= 0.3 is 0 Å². The zero-order valence-electron chi connectivity index (χ0n) is 16.8. The standard InChI is InChI=1S/C22H24N2O5S/c1-27-15-11-13(12-16-20(15)29-10-9-28-16)7-8-18(25)24-22-19(21(23)26)14-5-3-2-4-6-17(14)30-22/h7-8,11-12H,2-6,9-10H2,1H3,(H2,23,26)(H,24,25)/b8-7+. The molecular weight excluding hydrogens is 404 g/mol. The monoisotopic (exact) mass is 428 g/mol. The van der Waals surface area contributed by atoms with Crippen LogP contribution in [0.15, 0.2) is 18.2 Å². The number of hydrogen-bond acceptors (Lipinski definition) is 6. The molecule has 1 aromatic carbocycles. The van der Waals surface area contributed by atoms with Gasteiger partial charge < -0.3 is 25.3 Å². The van der Waals surface area contributed by atoms with E-state index in [9.17, 15) is 9.59 Å². The maximum absolute atomic E-state index is 12.6. The van der Waals surface area contributed by atoms with Crippen LogP contribution in [0.5, 0.6) is 17.2 Å². The largest absolute Gasteiger partial charge is 0.493 e. The maximum Gasteiger partial charge on any atom is 0.251 e. The molecule has 1 aromatic heterocycles. The zero-order valence-corrected chi connectivity index (χ0v) is 17.6. The van der Waals surface area contributed by atoms with E-state index < -0.39 is 5.91 Å². The summed E-state index contributed by atoms with van der Waals surface area (Å²) in [5, 5.41) is 3.37. The summed E-state index contributed by atoms with van der Waals surface area (Å²) in [6.45, 7) is 0.927. The van der Waals surface area contributed by atoms with Crippen LogP contribution in [0.2, 0.25) is 0 Å². The average Bonchev–Trinajstić information content (AvgIpc) is 2.92. The van der Waals surface area contributed by atoms with E-state index in [-0.39, 0.29) is 5.91 Å². The number of aryl methyl sites for hydroxylation is 1. The third-order valence-corrected chi connectivity index (χ3v) is 6.39. The molecule has 1 aliphatic carbocycles. The van der Waals surface area contributed by atoms with Crippen LogP contribution in [0, 0.1) is 0 Å². The second-order valence-corrected chi connectivity index (χ2v) is 8.31. The number of ether oxygens (including phenoxy) is 3. The van der Waals surface area contributed by atoms with Crippen LogP contribution in [0.4, 0.5) is 5.00 Å². The number of amides is 2. The van der Waals surface area contributed by atoms with Gasteiger partial charge in [-0.3, -0.25) is 9.59 Å². The fourth-order valence-corrected chi connectivity index (χ4v) is 5.10. The van der Waals surface area contributed by atoms with Crippen molar-refractivity contribution in [1.29, 1.82) is 0 Å². The first-order valence-corrected chi connectivity index (χ1v) is 10.8. The number of rotatable bonds is 5. The molecule has 2 aliphatic rings. The number of nitrogens with two attached hydrogens (primary N) is 1. The Morgan fingerprint density at radius 2 is 1.97 bits per heavy atom. The normalized spacial score (nSPS) is 15.4. The van der Waals surface area contributed by atoms with Gasteiger partial charge in [0, 0.05) is 11.0 Å². The van der Waals surface area contributed by atoms with Crippen molar-refractivity contribution in [3.05, 3.63) is 39.8 Å². The molecule has 0 spiro atoms. The van der Waals surface area contributed by atoms with E-state index in [0.29, 0.717) is 41.0 Å². The highest BCUT2D eigenvalue weighted by molar-refractivity contribution is 7.17. The minimum atomic E-state index is -0.495. The Bertz CT molecular complexity index is 994. The molecule has 1 aliphatic heterocycles. The van der Waals surface area contributed by atoms with Gasteiger partial charge in [-0.05, 0) is 55.0 Å². The lowest BCUT2D eigenvalue weighted by Gasteiger charge is -2.20. The molecule has 0 atom stereocenters. The lowest BCUT2D eigenvalue weighted by Crippen LogP contribution is -2.17. The highest BCUT2D eigenvalue weighted by atomic mass is 32.1. The van der Waals surface area contributed by atoms with Gasteiger partial charge in [-0.25, -0.2) is 0 Å². The summed E-state index contributed by atoms with van der Waals surface area (Å²) in [6.07, 6.45) is 8.09. The summed E-state index contributed by atoms with van der Waals surface area (Å²) < 4.78 is 16.6. The van der Waals surface area contributed by atoms with Crippen LogP contribution in [0.25, 0.3) is 6.08 Å². The van der Waals surface area contributed by atoms with Crippen molar-refractivity contribution in [2.75, 3.05) is 25.6 Å². The Morgan fingerprint density at radius 1 is 1.17 bits per heavy atom. The van der Waals surface area contributed by atoms with Gasteiger partial charge in [-0.1, -0.05) is 6.42 Å². The molecule has 8 heteroatoms. The molecule has 0 bridgehead atoms. The van der Waals surface area contributed by atoms with E-state index >= 15 is 0 Å². The van der Waals surface area contributed by atoms with E-state index in [4.69, 9.17) is 19.9 Å². The van der Waals surface area contributed by atoms with Crippen LogP contribution in [0.1, 0.15) is 45.6 Å². The minimum Gasteiger partial charge on any atom is -0.493 e. The van der Waals surface area contributed by atoms with Crippen LogP contribution < -0.4 is 25.3 Å². The topological polar surface area (TPSA) is 99.9 Å². The van der Waals surface area contributed by atoms with Crippen molar-refractivity contribution in [3.8, 4) is 17.2 Å². The molecule has 158 valence electrons. The number of fused-ring (bicyclic) bond motifs is 2. The third-order valence-electron chi connectivity index (χ3n) is 5.18. The van der Waals surface area contributed by atoms with E-state index in [0.717, 1.165) is 48.1 Å². The van der Waals surface area contributed by atoms with Crippen LogP contribution in [-0.4, -0.2) is 32.1 Å². The summed E-state index contributed by atoms with van der Waals surface area (Å²) in [6, 6.07) is 3.57. The summed E-state index contributed by atoms with van der Waals surface area (Å²) in [5.41, 5.74) is 7.83. The first-order valence-electron chi connectivity index (χ1n) is 9.98. The van der Waals surface area contributed by atoms with E-state index in [1.807, 2.05) is 0 Å². The van der Waals surface area contributed by atoms with Gasteiger partial charge in [0.05, 0.1) is 12.7 Å². The average molecular weight is 429 g/mol. The molecule has 2 amide bonds. The Labute approximate surface area is 178 Å². The first-order chi connectivity index (χ1) is 14.6. The van der Waals surface area contributed by atoms with Gasteiger partial charge in [-0.15, -0.1) is 11.3 Å². The molecule has 3 N–H and O–H groups in total. The van der Waals surface area contributed by atoms with Crippen molar-refractivity contribution in [3.63, 3.8) is 0 Å². The van der Waals surface area contributed by atoms with Gasteiger partial charge in [-0.2, -0.15) is 0 Å². The molecule has 0 unspecified atom stereocenters. The number of anilines is 1. The number of nitrogens with one attached hydrogen (secondary N) is 1. The minimum absolute atomic E-state index is 0.331. The molecule has 2 heterocycles. The van der Waals surface area contributed by atoms with Crippen molar-refractivity contribution in [2.45, 2.75) is 32.1 Å². The van der Waals surface area contributed by atoms with Crippen molar-refractivity contribution in [1.82, 2.24) is 0 Å². The number of carbonyl (C=O) groups is 2. The van der Waals surface area contributed by atoms with Crippen LogP contribution in [0.3, 0.4) is 0 Å². The summed E-state index contributed by atoms with van der Waals surface area (Å²) >= 11 is 1.46. The molecule has 30 heavy (non-hydrogen) atoms. The second kappa shape index (κ2) is 8.79. The van der Waals surface area contributed by atoms with Crippen LogP contribution >= 0.6 is 11.3 Å². The van der Waals surface area contributed by atoms with Crippen molar-refractivity contribution in [2.24, 2.45) is 5.73 Å². The van der Waals surface area contributed by atoms with Gasteiger partial charge in [0.2, 0.25) is 11.7 Å². The predicted molar refractivity (Wildman–Crippen MR) is 116 cm³/mol. The number of thiophene rings is 1. The number of primary amides is 1. The first kappa shape index (κ1) is 20.3. The van der Waals surface area contributed by atoms with Gasteiger partial charge in [0.15, 0.2) is 11.5 Å². The summed E-state index contributed by atoms with van der Waals surface area (Å²) in [4.78, 5) is 25.8. The predicted octanol–water partition coefficient (Wildman–Crippen LogP) is 3.55. The van der Waals surface area contributed by atoms with E-state index in [1.54, 1.807) is 25.3 Å². The number of carbonyl (C=O) groups excluding carboxylic acids is 2. The second-order valence-electron chi connectivity index (χ2n) is 7.20. The number of methoxy groups -OCH3 is 1. The molecule has 0 saturated carbocycles. The SMILES string of the molecule is COc1cc(/C=C/C(=O)Nc2sc3c(c2C(N)=O)CCCCC3)cc2c1OCCO2. The summed E-state index contributed by atoms with van der Waals surface area (Å²) in [5.74, 6) is 0.869. The Balaban J connectivity index is 1.54. The van der Waals surface area contributed by atoms with Crippen molar-refractivity contribution >= 4 is 34.2 Å². The quantitative estimate of drug-likeness (QED) is 0.560. The lowest BCUT2D eigenvalue weighted by atomic mass is 10.1. The lowest BCUT2D eigenvalue weighted by molar-refractivity contribution is -0.111. The molecule has 0 radical (unpaired) electrons. The molecule has 7 nitrogen and oxygen atoms in total. The Hall–Kier alpha value is -3.00. The zero-order chi connectivity index (χ0) is 21.1. The molecular formula is C22H24N2O5S. The Morgan fingerprint density at radius 3 is 2.77 bits per heavy atom. The highest BCUT2D eigenvalue weighted by Gasteiger charge is 2.24. The number of benzene rings is 1. The third kappa shape index (κ3) is 4.14. The number of hydrogen-bond donors (Lipinski definition) is 2. The molecule has 4 rings (SSSR count). The molecule has 2 aromatic rings. The Kier molecular flexibility index (Phi) is 5.94. The van der Waals surface area contributed by atoms with Crippen molar-refractivity contribution < 1.29 is 23.8 Å². The smallest absolute Gasteiger partial charge is 0.251 e. The fourth-order valence-electron chi connectivity index (χ4n) is 3.81. The van der Waals surface area contributed by atoms with Crippen LogP contribution in [-0.2, 0) is 17.6 Å². The summed E-state index contributed by atoms with van der Waals surface area (Å²) in [7, 11) is 1.56. The maximum atomic E-state index is 12.6. The fraction of sp³-hybridized carbons (Fsp3) is 0.364. The van der Waals surface area contributed by atoms with E-state index in [2.05, 4.69) is 5.32 Å². The van der Waals surface area contributed by atoms with Gasteiger partial charge in [0.25, 0.3) is 5.91 Å². The highest BCUT2D eigenvalue weighted by Crippen LogP contribution is 2.41. The molecule has 0 fully saturated rings.